The Balaban J connectivity index is 1.60. The second-order valence-electron chi connectivity index (χ2n) is 8.92. The third-order valence-electron chi connectivity index (χ3n) is 5.43. The molecule has 9 heteroatoms. The number of nitrogens with one attached hydrogen (secondary N) is 2. The van der Waals surface area contributed by atoms with Crippen LogP contribution in [0.3, 0.4) is 0 Å². The lowest BCUT2D eigenvalue weighted by atomic mass is 9.87. The van der Waals surface area contributed by atoms with Gasteiger partial charge in [-0.25, -0.2) is 4.21 Å². The first-order chi connectivity index (χ1) is 15.7. The number of carbonyl (C=O) groups excluding carboxylic acids is 1. The van der Waals surface area contributed by atoms with Gasteiger partial charge in [0.2, 0.25) is 0 Å². The lowest BCUT2D eigenvalue weighted by Crippen LogP contribution is -2.17. The Kier molecular flexibility index (Phi) is 6.78. The molecule has 1 saturated heterocycles. The first-order valence-electron chi connectivity index (χ1n) is 10.7. The second-order valence-corrected chi connectivity index (χ2v) is 10.7. The SMILES string of the molecule is CC(C)(C)c1ccc(S(=O)C(=O)Nc2ccc(Cl)cc2-c2nncn2/C=C2\CCNC2)cc1. The first kappa shape index (κ1) is 23.4. The number of rotatable bonds is 4. The summed E-state index contributed by atoms with van der Waals surface area (Å²) in [7, 11) is -1.88. The Morgan fingerprint density at radius 2 is 1.97 bits per heavy atom. The third kappa shape index (κ3) is 5.40. The minimum absolute atomic E-state index is 0.0275. The molecule has 0 bridgehead atoms. The molecule has 1 aliphatic heterocycles. The van der Waals surface area contributed by atoms with Crippen molar-refractivity contribution < 1.29 is 9.00 Å². The van der Waals surface area contributed by atoms with Crippen molar-refractivity contribution >= 4 is 39.5 Å². The van der Waals surface area contributed by atoms with E-state index in [1.54, 1.807) is 36.7 Å². The van der Waals surface area contributed by atoms with Crippen LogP contribution < -0.4 is 10.6 Å². The van der Waals surface area contributed by atoms with Crippen molar-refractivity contribution in [1.29, 1.82) is 0 Å². The lowest BCUT2D eigenvalue weighted by molar-refractivity contribution is 0.269. The van der Waals surface area contributed by atoms with E-state index in [9.17, 15) is 9.00 Å². The van der Waals surface area contributed by atoms with Crippen LogP contribution >= 0.6 is 11.6 Å². The van der Waals surface area contributed by atoms with Crippen molar-refractivity contribution in [1.82, 2.24) is 20.1 Å². The highest BCUT2D eigenvalue weighted by molar-refractivity contribution is 8.00. The van der Waals surface area contributed by atoms with Crippen LogP contribution in [0.2, 0.25) is 5.02 Å². The maximum atomic E-state index is 12.9. The number of aromatic nitrogens is 3. The normalized spacial score (nSPS) is 16.2. The molecule has 0 radical (unpaired) electrons. The van der Waals surface area contributed by atoms with Gasteiger partial charge in [0, 0.05) is 28.2 Å². The Bertz CT molecular complexity index is 1220. The van der Waals surface area contributed by atoms with Gasteiger partial charge in [-0.1, -0.05) is 44.5 Å². The summed E-state index contributed by atoms with van der Waals surface area (Å²) >= 11 is 6.25. The highest BCUT2D eigenvalue weighted by Crippen LogP contribution is 2.31. The molecule has 0 spiro atoms. The Labute approximate surface area is 200 Å². The highest BCUT2D eigenvalue weighted by Gasteiger charge is 2.20. The summed E-state index contributed by atoms with van der Waals surface area (Å²) in [6.45, 7) is 8.05. The topological polar surface area (TPSA) is 88.9 Å². The van der Waals surface area contributed by atoms with Gasteiger partial charge in [-0.2, -0.15) is 0 Å². The number of benzene rings is 2. The van der Waals surface area contributed by atoms with E-state index in [0.29, 0.717) is 27.0 Å². The molecule has 7 nitrogen and oxygen atoms in total. The van der Waals surface area contributed by atoms with E-state index in [4.69, 9.17) is 11.6 Å². The number of nitrogens with zero attached hydrogens (tertiary/aromatic N) is 3. The zero-order valence-electron chi connectivity index (χ0n) is 18.8. The largest absolute Gasteiger partial charge is 0.318 e. The van der Waals surface area contributed by atoms with Gasteiger partial charge in [0.05, 0.1) is 5.69 Å². The number of halogens is 1. The van der Waals surface area contributed by atoms with Crippen molar-refractivity contribution in [2.45, 2.75) is 37.5 Å². The van der Waals surface area contributed by atoms with E-state index < -0.39 is 16.0 Å². The molecule has 0 aliphatic carbocycles. The smallest absolute Gasteiger partial charge is 0.314 e. The molecule has 4 rings (SSSR count). The van der Waals surface area contributed by atoms with Crippen LogP contribution in [-0.2, 0) is 16.2 Å². The Morgan fingerprint density at radius 3 is 2.64 bits per heavy atom. The highest BCUT2D eigenvalue weighted by atomic mass is 35.5. The van der Waals surface area contributed by atoms with Crippen LogP contribution in [0.4, 0.5) is 10.5 Å². The summed E-state index contributed by atoms with van der Waals surface area (Å²) < 4.78 is 14.7. The summed E-state index contributed by atoms with van der Waals surface area (Å²) in [6.07, 6.45) is 4.54. The molecule has 1 atom stereocenters. The summed E-state index contributed by atoms with van der Waals surface area (Å²) in [5.74, 6) is 0.535. The fourth-order valence-electron chi connectivity index (χ4n) is 3.58. The molecule has 1 fully saturated rings. The van der Waals surface area contributed by atoms with Crippen LogP contribution in [0, 0.1) is 0 Å². The molecule has 172 valence electrons. The van der Waals surface area contributed by atoms with Crippen molar-refractivity contribution in [3.05, 3.63) is 65.0 Å². The van der Waals surface area contributed by atoms with Gasteiger partial charge in [0.25, 0.3) is 0 Å². The standard InChI is InChI=1S/C24H26ClN5O2S/c1-24(2,3)17-4-7-19(8-5-17)33(32)23(31)28-21-9-6-18(25)12-20(21)22-29-27-15-30(22)14-16-10-11-26-13-16/h4-9,12,14-15,26H,10-11,13H2,1-3H3,(H,28,31)/b16-14+. The second kappa shape index (κ2) is 9.59. The number of carbonyl (C=O) groups is 1. The molecule has 0 saturated carbocycles. The number of anilines is 1. The van der Waals surface area contributed by atoms with Gasteiger partial charge in [0.1, 0.15) is 17.1 Å². The molecule has 2 aromatic carbocycles. The summed E-state index contributed by atoms with van der Waals surface area (Å²) in [6, 6.07) is 12.3. The van der Waals surface area contributed by atoms with Crippen LogP contribution in [0.15, 0.2) is 59.3 Å². The van der Waals surface area contributed by atoms with Gasteiger partial charge in [-0.15, -0.1) is 10.2 Å². The average Bonchev–Trinajstić information content (AvgIpc) is 3.46. The van der Waals surface area contributed by atoms with Crippen LogP contribution in [0.1, 0.15) is 32.8 Å². The van der Waals surface area contributed by atoms with Gasteiger partial charge in [-0.05, 0) is 59.8 Å². The molecule has 1 unspecified atom stereocenters. The molecular formula is C24H26ClN5O2S. The molecule has 3 aromatic rings. The third-order valence-corrected chi connectivity index (χ3v) is 6.81. The van der Waals surface area contributed by atoms with Gasteiger partial charge in [-0.3, -0.25) is 9.36 Å². The molecule has 1 amide bonds. The molecule has 1 aromatic heterocycles. The van der Waals surface area contributed by atoms with E-state index in [0.717, 1.165) is 25.1 Å². The van der Waals surface area contributed by atoms with E-state index in [1.807, 2.05) is 22.9 Å². The number of hydrogen-bond donors (Lipinski definition) is 2. The quantitative estimate of drug-likeness (QED) is 0.540. The average molecular weight is 484 g/mol. The molecule has 33 heavy (non-hydrogen) atoms. The van der Waals surface area contributed by atoms with Gasteiger partial charge >= 0.3 is 5.24 Å². The Morgan fingerprint density at radius 1 is 1.21 bits per heavy atom. The first-order valence-corrected chi connectivity index (χ1v) is 12.2. The number of hydrogen-bond acceptors (Lipinski definition) is 5. The molecule has 2 N–H and O–H groups in total. The molecule has 2 heterocycles. The van der Waals surface area contributed by atoms with Gasteiger partial charge < -0.3 is 10.6 Å². The summed E-state index contributed by atoms with van der Waals surface area (Å²) in [5.41, 5.74) is 3.36. The fraction of sp³-hybridized carbons (Fsp3) is 0.292. The maximum absolute atomic E-state index is 12.9. The van der Waals surface area contributed by atoms with Crippen molar-refractivity contribution in [2.75, 3.05) is 18.4 Å². The number of amides is 1. The van der Waals surface area contributed by atoms with E-state index >= 15 is 0 Å². The van der Waals surface area contributed by atoms with Crippen molar-refractivity contribution in [2.24, 2.45) is 0 Å². The fourth-order valence-corrected chi connectivity index (χ4v) is 4.55. The van der Waals surface area contributed by atoms with Crippen molar-refractivity contribution in [3.63, 3.8) is 0 Å². The maximum Gasteiger partial charge on any atom is 0.318 e. The molecule has 1 aliphatic rings. The van der Waals surface area contributed by atoms with Crippen LogP contribution in [0.5, 0.6) is 0 Å². The zero-order valence-corrected chi connectivity index (χ0v) is 20.3. The van der Waals surface area contributed by atoms with E-state index in [1.165, 1.54) is 5.57 Å². The van der Waals surface area contributed by atoms with Gasteiger partial charge in [0.15, 0.2) is 5.82 Å². The Hall–Kier alpha value is -2.81. The van der Waals surface area contributed by atoms with E-state index in [2.05, 4.69) is 41.6 Å². The summed E-state index contributed by atoms with van der Waals surface area (Å²) in [4.78, 5) is 13.3. The minimum atomic E-state index is -1.88. The van der Waals surface area contributed by atoms with E-state index in [-0.39, 0.29) is 5.41 Å². The van der Waals surface area contributed by atoms with Crippen LogP contribution in [0.25, 0.3) is 17.6 Å². The van der Waals surface area contributed by atoms with Crippen LogP contribution in [-0.4, -0.2) is 37.3 Å². The summed E-state index contributed by atoms with van der Waals surface area (Å²) in [5, 5.41) is 14.2. The minimum Gasteiger partial charge on any atom is -0.314 e. The zero-order chi connectivity index (χ0) is 23.6. The van der Waals surface area contributed by atoms with Crippen molar-refractivity contribution in [3.8, 4) is 11.4 Å². The predicted molar refractivity (Wildman–Crippen MR) is 133 cm³/mol. The molecular weight excluding hydrogens is 458 g/mol. The lowest BCUT2D eigenvalue weighted by Gasteiger charge is -2.19. The predicted octanol–water partition coefficient (Wildman–Crippen LogP) is 5.07. The monoisotopic (exact) mass is 483 g/mol.